The first-order valence-corrected chi connectivity index (χ1v) is 6.73. The average molecular weight is 238 g/mol. The summed E-state index contributed by atoms with van der Waals surface area (Å²) in [6.07, 6.45) is 0.510. The lowest BCUT2D eigenvalue weighted by Gasteiger charge is -2.20. The number of aliphatic hydroxyl groups excluding tert-OH is 1. The smallest absolute Gasteiger partial charge is 0.0671 e. The standard InChI is InChI=1S/C14H22OS/c1-11-6-5-7-12(8-11)9-13(15)10-16-14(2,3)4/h5-8,13,15H,9-10H2,1-4H3. The second-order valence-electron chi connectivity index (χ2n) is 5.27. The molecule has 0 aliphatic rings. The van der Waals surface area contributed by atoms with Gasteiger partial charge in [-0.15, -0.1) is 0 Å². The third-order valence-electron chi connectivity index (χ3n) is 2.26. The van der Waals surface area contributed by atoms with Gasteiger partial charge in [0.15, 0.2) is 0 Å². The summed E-state index contributed by atoms with van der Waals surface area (Å²) in [6.45, 7) is 8.62. The van der Waals surface area contributed by atoms with Crippen molar-refractivity contribution in [3.8, 4) is 0 Å². The Hall–Kier alpha value is -0.470. The van der Waals surface area contributed by atoms with E-state index in [2.05, 4.69) is 45.9 Å². The lowest BCUT2D eigenvalue weighted by Crippen LogP contribution is -2.18. The van der Waals surface area contributed by atoms with Crippen LogP contribution in [0.1, 0.15) is 31.9 Å². The summed E-state index contributed by atoms with van der Waals surface area (Å²) >= 11 is 1.82. The van der Waals surface area contributed by atoms with E-state index < -0.39 is 0 Å². The van der Waals surface area contributed by atoms with Crippen molar-refractivity contribution in [2.75, 3.05) is 5.75 Å². The van der Waals surface area contributed by atoms with E-state index >= 15 is 0 Å². The predicted molar refractivity (Wildman–Crippen MR) is 73.1 cm³/mol. The third-order valence-corrected chi connectivity index (χ3v) is 3.68. The highest BCUT2D eigenvalue weighted by molar-refractivity contribution is 8.00. The quantitative estimate of drug-likeness (QED) is 0.867. The topological polar surface area (TPSA) is 20.2 Å². The molecular weight excluding hydrogens is 216 g/mol. The molecule has 0 radical (unpaired) electrons. The van der Waals surface area contributed by atoms with E-state index in [4.69, 9.17) is 0 Å². The molecule has 0 spiro atoms. The van der Waals surface area contributed by atoms with Crippen molar-refractivity contribution in [3.63, 3.8) is 0 Å². The van der Waals surface area contributed by atoms with Crippen LogP contribution in [0.4, 0.5) is 0 Å². The van der Waals surface area contributed by atoms with E-state index in [1.54, 1.807) is 0 Å². The van der Waals surface area contributed by atoms with Crippen LogP contribution >= 0.6 is 11.8 Å². The summed E-state index contributed by atoms with van der Waals surface area (Å²) in [6, 6.07) is 8.36. The van der Waals surface area contributed by atoms with Gasteiger partial charge in [0, 0.05) is 10.5 Å². The van der Waals surface area contributed by atoms with Gasteiger partial charge in [-0.3, -0.25) is 0 Å². The van der Waals surface area contributed by atoms with Gasteiger partial charge in [0.1, 0.15) is 0 Å². The maximum Gasteiger partial charge on any atom is 0.0671 e. The van der Waals surface area contributed by atoms with Crippen LogP contribution in [0.2, 0.25) is 0 Å². The van der Waals surface area contributed by atoms with Crippen LogP contribution in [0, 0.1) is 6.92 Å². The summed E-state index contributed by atoms with van der Waals surface area (Å²) in [4.78, 5) is 0. The molecule has 1 aromatic rings. The normalized spacial score (nSPS) is 13.8. The molecule has 1 unspecified atom stereocenters. The van der Waals surface area contributed by atoms with Crippen molar-refractivity contribution in [1.29, 1.82) is 0 Å². The van der Waals surface area contributed by atoms with Crippen molar-refractivity contribution in [3.05, 3.63) is 35.4 Å². The summed E-state index contributed by atoms with van der Waals surface area (Å²) in [5, 5.41) is 9.94. The Morgan fingerprint density at radius 3 is 2.56 bits per heavy atom. The van der Waals surface area contributed by atoms with Gasteiger partial charge in [-0.25, -0.2) is 0 Å². The van der Waals surface area contributed by atoms with Crippen molar-refractivity contribution < 1.29 is 5.11 Å². The first-order valence-electron chi connectivity index (χ1n) is 5.74. The highest BCUT2D eigenvalue weighted by Crippen LogP contribution is 2.24. The number of benzene rings is 1. The van der Waals surface area contributed by atoms with Gasteiger partial charge >= 0.3 is 0 Å². The number of thioether (sulfide) groups is 1. The minimum absolute atomic E-state index is 0.230. The molecule has 90 valence electrons. The fourth-order valence-corrected chi connectivity index (χ4v) is 2.33. The van der Waals surface area contributed by atoms with Crippen LogP contribution in [-0.2, 0) is 6.42 Å². The minimum atomic E-state index is -0.244. The molecule has 0 heterocycles. The Kier molecular flexibility index (Phi) is 4.88. The highest BCUT2D eigenvalue weighted by atomic mass is 32.2. The molecule has 0 fully saturated rings. The Bertz CT molecular complexity index is 328. The summed E-state index contributed by atoms with van der Waals surface area (Å²) in [7, 11) is 0. The van der Waals surface area contributed by atoms with Crippen molar-refractivity contribution in [2.24, 2.45) is 0 Å². The van der Waals surface area contributed by atoms with Crippen LogP contribution in [0.25, 0.3) is 0 Å². The molecule has 0 saturated heterocycles. The third kappa shape index (κ3) is 5.57. The average Bonchev–Trinajstić information content (AvgIpc) is 2.14. The molecule has 0 aromatic heterocycles. The van der Waals surface area contributed by atoms with E-state index in [0.29, 0.717) is 0 Å². The molecule has 0 aliphatic carbocycles. The molecule has 1 N–H and O–H groups in total. The van der Waals surface area contributed by atoms with Gasteiger partial charge in [0.2, 0.25) is 0 Å². The van der Waals surface area contributed by atoms with Crippen LogP contribution < -0.4 is 0 Å². The second kappa shape index (κ2) is 5.74. The van der Waals surface area contributed by atoms with Gasteiger partial charge < -0.3 is 5.11 Å². The zero-order valence-electron chi connectivity index (χ0n) is 10.7. The zero-order valence-corrected chi connectivity index (χ0v) is 11.5. The Morgan fingerprint density at radius 1 is 1.31 bits per heavy atom. The molecule has 2 heteroatoms. The first-order chi connectivity index (χ1) is 7.37. The Labute approximate surface area is 103 Å². The summed E-state index contributed by atoms with van der Waals surface area (Å²) in [5.41, 5.74) is 2.48. The molecule has 1 atom stereocenters. The van der Waals surface area contributed by atoms with Crippen LogP contribution in [0.15, 0.2) is 24.3 Å². The first kappa shape index (κ1) is 13.6. The Morgan fingerprint density at radius 2 is 2.00 bits per heavy atom. The van der Waals surface area contributed by atoms with Crippen molar-refractivity contribution >= 4 is 11.8 Å². The van der Waals surface area contributed by atoms with Crippen molar-refractivity contribution in [2.45, 2.75) is 45.0 Å². The Balaban J connectivity index is 2.43. The van der Waals surface area contributed by atoms with E-state index in [9.17, 15) is 5.11 Å². The number of hydrogen-bond donors (Lipinski definition) is 1. The fraction of sp³-hybridized carbons (Fsp3) is 0.571. The largest absolute Gasteiger partial charge is 0.392 e. The number of hydrogen-bond acceptors (Lipinski definition) is 2. The maximum absolute atomic E-state index is 9.94. The molecule has 0 saturated carbocycles. The molecule has 1 aromatic carbocycles. The molecule has 0 aliphatic heterocycles. The number of rotatable bonds is 4. The SMILES string of the molecule is Cc1cccc(CC(O)CSC(C)(C)C)c1. The maximum atomic E-state index is 9.94. The van der Waals surface area contributed by atoms with E-state index in [-0.39, 0.29) is 10.9 Å². The van der Waals surface area contributed by atoms with Gasteiger partial charge in [0.25, 0.3) is 0 Å². The lowest BCUT2D eigenvalue weighted by molar-refractivity contribution is 0.200. The monoisotopic (exact) mass is 238 g/mol. The molecular formula is C14H22OS. The van der Waals surface area contributed by atoms with Gasteiger partial charge in [-0.05, 0) is 18.9 Å². The fourth-order valence-electron chi connectivity index (χ4n) is 1.52. The van der Waals surface area contributed by atoms with E-state index in [1.165, 1.54) is 11.1 Å². The van der Waals surface area contributed by atoms with Crippen LogP contribution in [-0.4, -0.2) is 21.7 Å². The minimum Gasteiger partial charge on any atom is -0.392 e. The lowest BCUT2D eigenvalue weighted by atomic mass is 10.1. The predicted octanol–water partition coefficient (Wildman–Crippen LogP) is 3.43. The molecule has 0 bridgehead atoms. The van der Waals surface area contributed by atoms with Crippen LogP contribution in [0.5, 0.6) is 0 Å². The highest BCUT2D eigenvalue weighted by Gasteiger charge is 2.14. The van der Waals surface area contributed by atoms with Gasteiger partial charge in [0.05, 0.1) is 6.10 Å². The van der Waals surface area contributed by atoms with Crippen molar-refractivity contribution in [1.82, 2.24) is 0 Å². The van der Waals surface area contributed by atoms with Crippen LogP contribution in [0.3, 0.4) is 0 Å². The second-order valence-corrected chi connectivity index (χ2v) is 7.12. The summed E-state index contributed by atoms with van der Waals surface area (Å²) < 4.78 is 0.230. The zero-order chi connectivity index (χ0) is 12.2. The molecule has 0 amide bonds. The number of aliphatic hydroxyl groups is 1. The van der Waals surface area contributed by atoms with E-state index in [0.717, 1.165) is 12.2 Å². The molecule has 1 nitrogen and oxygen atoms in total. The van der Waals surface area contributed by atoms with E-state index in [1.807, 2.05) is 17.8 Å². The molecule has 1 rings (SSSR count). The summed E-state index contributed by atoms with van der Waals surface area (Å²) in [5.74, 6) is 0.803. The van der Waals surface area contributed by atoms with Gasteiger partial charge in [-0.2, -0.15) is 11.8 Å². The van der Waals surface area contributed by atoms with Gasteiger partial charge in [-0.1, -0.05) is 50.6 Å². The number of aryl methyl sites for hydroxylation is 1. The molecule has 16 heavy (non-hydrogen) atoms.